The Hall–Kier alpha value is -1.28. The zero-order valence-corrected chi connectivity index (χ0v) is 10.3. The molecular weight excluding hydrogens is 196 g/mol. The van der Waals surface area contributed by atoms with E-state index in [0.29, 0.717) is 0 Å². The largest absolute Gasteiger partial charge is 0.358 e. The van der Waals surface area contributed by atoms with Crippen molar-refractivity contribution in [1.82, 2.24) is 4.98 Å². The zero-order chi connectivity index (χ0) is 11.7. The van der Waals surface area contributed by atoms with E-state index in [-0.39, 0.29) is 6.04 Å². The summed E-state index contributed by atoms with van der Waals surface area (Å²) >= 11 is 0. The fraction of sp³-hybridized carbons (Fsp3) is 0.429. The summed E-state index contributed by atoms with van der Waals surface area (Å²) < 4.78 is 0. The number of fused-ring (bicyclic) bond motifs is 1. The first-order valence-corrected chi connectivity index (χ1v) is 5.91. The molecule has 16 heavy (non-hydrogen) atoms. The molecule has 2 heteroatoms. The van der Waals surface area contributed by atoms with Crippen LogP contribution in [0.4, 0.5) is 0 Å². The van der Waals surface area contributed by atoms with Gasteiger partial charge in [-0.1, -0.05) is 12.1 Å². The molecule has 0 saturated heterocycles. The van der Waals surface area contributed by atoms with Gasteiger partial charge in [0.1, 0.15) is 0 Å². The van der Waals surface area contributed by atoms with Crippen molar-refractivity contribution in [1.29, 1.82) is 0 Å². The summed E-state index contributed by atoms with van der Waals surface area (Å²) in [6.07, 6.45) is 2.11. The Morgan fingerprint density at radius 3 is 2.75 bits per heavy atom. The Morgan fingerprint density at radius 1 is 1.31 bits per heavy atom. The Morgan fingerprint density at radius 2 is 2.06 bits per heavy atom. The van der Waals surface area contributed by atoms with Gasteiger partial charge in [-0.3, -0.25) is 0 Å². The Labute approximate surface area is 96.9 Å². The maximum atomic E-state index is 5.82. The summed E-state index contributed by atoms with van der Waals surface area (Å²) in [5, 5.41) is 1.35. The predicted molar refractivity (Wildman–Crippen MR) is 69.7 cm³/mol. The van der Waals surface area contributed by atoms with E-state index in [0.717, 1.165) is 12.8 Å². The summed E-state index contributed by atoms with van der Waals surface area (Å²) in [4.78, 5) is 3.45. The van der Waals surface area contributed by atoms with Crippen LogP contribution in [0.2, 0.25) is 0 Å². The molecule has 0 aliphatic rings. The number of H-pyrrole nitrogens is 1. The maximum Gasteiger partial charge on any atom is 0.0461 e. The number of rotatable bonds is 3. The summed E-state index contributed by atoms with van der Waals surface area (Å²) in [7, 11) is 0. The van der Waals surface area contributed by atoms with Gasteiger partial charge in [0.25, 0.3) is 0 Å². The predicted octanol–water partition coefficient (Wildman–Crippen LogP) is 3.06. The van der Waals surface area contributed by atoms with Crippen LogP contribution < -0.4 is 5.73 Å². The molecule has 2 rings (SSSR count). The first-order valence-electron chi connectivity index (χ1n) is 5.91. The quantitative estimate of drug-likeness (QED) is 0.813. The van der Waals surface area contributed by atoms with E-state index in [1.54, 1.807) is 0 Å². The van der Waals surface area contributed by atoms with Crippen LogP contribution in [-0.4, -0.2) is 11.0 Å². The van der Waals surface area contributed by atoms with Gasteiger partial charge in [-0.15, -0.1) is 0 Å². The van der Waals surface area contributed by atoms with Gasteiger partial charge in [0, 0.05) is 22.6 Å². The summed E-state index contributed by atoms with van der Waals surface area (Å²) in [5.41, 5.74) is 11.1. The number of aromatic amines is 1. The molecule has 0 amide bonds. The molecule has 0 fully saturated rings. The molecule has 2 nitrogen and oxygen atoms in total. The average molecular weight is 216 g/mol. The summed E-state index contributed by atoms with van der Waals surface area (Å²) in [5.74, 6) is 0. The molecule has 0 saturated carbocycles. The third-order valence-corrected chi connectivity index (χ3v) is 3.12. The fourth-order valence-electron chi connectivity index (χ4n) is 2.20. The SMILES string of the molecule is Cc1ccc2c(CCC(C)N)c(C)[nH]c2c1. The summed E-state index contributed by atoms with van der Waals surface area (Å²) in [6, 6.07) is 6.86. The molecule has 86 valence electrons. The molecule has 0 aliphatic heterocycles. The van der Waals surface area contributed by atoms with E-state index in [1.807, 2.05) is 0 Å². The van der Waals surface area contributed by atoms with Crippen molar-refractivity contribution in [3.05, 3.63) is 35.0 Å². The molecule has 2 aromatic rings. The monoisotopic (exact) mass is 216 g/mol. The average Bonchev–Trinajstić information content (AvgIpc) is 2.50. The zero-order valence-electron chi connectivity index (χ0n) is 10.3. The van der Waals surface area contributed by atoms with Gasteiger partial charge in [0.05, 0.1) is 0 Å². The molecule has 1 aromatic heterocycles. The number of hydrogen-bond acceptors (Lipinski definition) is 1. The lowest BCUT2D eigenvalue weighted by molar-refractivity contribution is 0.666. The first kappa shape index (κ1) is 11.2. The van der Waals surface area contributed by atoms with Crippen LogP contribution in [0.1, 0.15) is 30.2 Å². The standard InChI is InChI=1S/C14H20N2/c1-9-4-6-13-12(7-5-10(2)15)11(3)16-14(13)8-9/h4,6,8,10,16H,5,7,15H2,1-3H3. The second kappa shape index (κ2) is 4.30. The third-order valence-electron chi connectivity index (χ3n) is 3.12. The number of aromatic nitrogens is 1. The Balaban J connectivity index is 2.40. The van der Waals surface area contributed by atoms with Crippen molar-refractivity contribution in [2.75, 3.05) is 0 Å². The van der Waals surface area contributed by atoms with Crippen LogP contribution >= 0.6 is 0 Å². The molecule has 3 N–H and O–H groups in total. The number of nitrogens with one attached hydrogen (secondary N) is 1. The molecule has 1 unspecified atom stereocenters. The summed E-state index contributed by atoms with van der Waals surface area (Å²) in [6.45, 7) is 6.33. The van der Waals surface area contributed by atoms with Crippen LogP contribution in [0.3, 0.4) is 0 Å². The third kappa shape index (κ3) is 2.12. The molecule has 1 atom stereocenters. The molecule has 1 heterocycles. The van der Waals surface area contributed by atoms with Crippen molar-refractivity contribution >= 4 is 10.9 Å². The van der Waals surface area contributed by atoms with E-state index >= 15 is 0 Å². The fourth-order valence-corrected chi connectivity index (χ4v) is 2.20. The lowest BCUT2D eigenvalue weighted by atomic mass is 10.0. The van der Waals surface area contributed by atoms with Crippen LogP contribution in [0, 0.1) is 13.8 Å². The van der Waals surface area contributed by atoms with E-state index in [2.05, 4.69) is 44.0 Å². The maximum absolute atomic E-state index is 5.82. The van der Waals surface area contributed by atoms with Gasteiger partial charge in [-0.2, -0.15) is 0 Å². The van der Waals surface area contributed by atoms with E-state index < -0.39 is 0 Å². The second-order valence-corrected chi connectivity index (χ2v) is 4.79. The van der Waals surface area contributed by atoms with Crippen LogP contribution in [0.25, 0.3) is 10.9 Å². The lowest BCUT2D eigenvalue weighted by Gasteiger charge is -2.05. The molecule has 0 bridgehead atoms. The molecular formula is C14H20N2. The second-order valence-electron chi connectivity index (χ2n) is 4.79. The van der Waals surface area contributed by atoms with Crippen molar-refractivity contribution in [2.24, 2.45) is 5.73 Å². The van der Waals surface area contributed by atoms with Crippen molar-refractivity contribution in [3.8, 4) is 0 Å². The smallest absolute Gasteiger partial charge is 0.0461 e. The highest BCUT2D eigenvalue weighted by Crippen LogP contribution is 2.24. The highest BCUT2D eigenvalue weighted by atomic mass is 14.7. The van der Waals surface area contributed by atoms with Crippen LogP contribution in [0.5, 0.6) is 0 Å². The number of hydrogen-bond donors (Lipinski definition) is 2. The minimum absolute atomic E-state index is 0.273. The van der Waals surface area contributed by atoms with E-state index in [1.165, 1.54) is 27.7 Å². The number of benzene rings is 1. The van der Waals surface area contributed by atoms with Crippen LogP contribution in [-0.2, 0) is 6.42 Å². The molecule has 0 spiro atoms. The van der Waals surface area contributed by atoms with Crippen molar-refractivity contribution < 1.29 is 0 Å². The Kier molecular flexibility index (Phi) is 3.01. The van der Waals surface area contributed by atoms with Gasteiger partial charge in [-0.05, 0) is 50.8 Å². The van der Waals surface area contributed by atoms with Gasteiger partial charge in [-0.25, -0.2) is 0 Å². The number of nitrogens with two attached hydrogens (primary N) is 1. The lowest BCUT2D eigenvalue weighted by Crippen LogP contribution is -2.15. The Bertz CT molecular complexity index is 495. The highest BCUT2D eigenvalue weighted by molar-refractivity contribution is 5.85. The minimum atomic E-state index is 0.273. The normalized spacial score (nSPS) is 13.2. The molecule has 0 aliphatic carbocycles. The van der Waals surface area contributed by atoms with Crippen molar-refractivity contribution in [3.63, 3.8) is 0 Å². The number of aryl methyl sites for hydroxylation is 3. The molecule has 0 radical (unpaired) electrons. The van der Waals surface area contributed by atoms with E-state index in [9.17, 15) is 0 Å². The van der Waals surface area contributed by atoms with Crippen LogP contribution in [0.15, 0.2) is 18.2 Å². The molecule has 1 aromatic carbocycles. The van der Waals surface area contributed by atoms with Gasteiger partial charge in [0.2, 0.25) is 0 Å². The van der Waals surface area contributed by atoms with Crippen molar-refractivity contribution in [2.45, 2.75) is 39.7 Å². The van der Waals surface area contributed by atoms with Gasteiger partial charge < -0.3 is 10.7 Å². The first-order chi connectivity index (χ1) is 7.58. The minimum Gasteiger partial charge on any atom is -0.358 e. The topological polar surface area (TPSA) is 41.8 Å². The van der Waals surface area contributed by atoms with Gasteiger partial charge >= 0.3 is 0 Å². The van der Waals surface area contributed by atoms with Gasteiger partial charge in [0.15, 0.2) is 0 Å². The highest BCUT2D eigenvalue weighted by Gasteiger charge is 2.08. The van der Waals surface area contributed by atoms with E-state index in [4.69, 9.17) is 5.73 Å².